The molecule has 0 atom stereocenters. The van der Waals surface area contributed by atoms with Crippen molar-refractivity contribution in [2.75, 3.05) is 36.5 Å². The maximum Gasteiger partial charge on any atom is 0.260 e. The molecule has 0 unspecified atom stereocenters. The Bertz CT molecular complexity index is 827. The molecule has 25 heavy (non-hydrogen) atoms. The minimum Gasteiger partial charge on any atom is -0.309 e. The Morgan fingerprint density at radius 1 is 0.920 bits per heavy atom. The molecule has 1 saturated heterocycles. The molecule has 5 nitrogen and oxygen atoms in total. The number of anilines is 3. The molecule has 128 valence electrons. The topological polar surface area (TPSA) is 43.9 Å². The molecule has 2 amide bonds. The fourth-order valence-electron chi connectivity index (χ4n) is 3.68. The van der Waals surface area contributed by atoms with Crippen molar-refractivity contribution < 1.29 is 9.59 Å². The Kier molecular flexibility index (Phi) is 4.01. The van der Waals surface area contributed by atoms with Crippen LogP contribution < -0.4 is 9.80 Å². The molecule has 0 aromatic heterocycles. The highest BCUT2D eigenvalue weighted by Gasteiger charge is 2.32. The summed E-state index contributed by atoms with van der Waals surface area (Å²) >= 11 is 0. The highest BCUT2D eigenvalue weighted by Crippen LogP contribution is 2.40. The fraction of sp³-hybridized carbons (Fsp3) is 0.300. The molecular formula is C20H21N3O2. The number of likely N-dealkylation sites (tertiary alicyclic amines) is 1. The van der Waals surface area contributed by atoms with E-state index >= 15 is 0 Å². The van der Waals surface area contributed by atoms with Gasteiger partial charge in [0.25, 0.3) is 5.91 Å². The van der Waals surface area contributed by atoms with Crippen molar-refractivity contribution in [3.8, 4) is 0 Å². The van der Waals surface area contributed by atoms with Crippen LogP contribution in [0.5, 0.6) is 0 Å². The van der Waals surface area contributed by atoms with Gasteiger partial charge in [0.05, 0.1) is 29.2 Å². The number of fused-ring (bicyclic) bond motifs is 2. The van der Waals surface area contributed by atoms with Crippen molar-refractivity contribution in [3.63, 3.8) is 0 Å². The van der Waals surface area contributed by atoms with Crippen molar-refractivity contribution in [2.24, 2.45) is 0 Å². The summed E-state index contributed by atoms with van der Waals surface area (Å²) in [7, 11) is 1.76. The SMILES string of the molecule is CN1C(=O)c2ccccc2N(C(=O)CN2CCCC2)c2ccccc21. The van der Waals surface area contributed by atoms with Crippen molar-refractivity contribution in [1.82, 2.24) is 4.90 Å². The average molecular weight is 335 g/mol. The van der Waals surface area contributed by atoms with E-state index in [1.807, 2.05) is 42.5 Å². The molecule has 0 bridgehead atoms. The van der Waals surface area contributed by atoms with Crippen LogP contribution in [0.1, 0.15) is 23.2 Å². The molecule has 0 saturated carbocycles. The van der Waals surface area contributed by atoms with Gasteiger partial charge in [-0.3, -0.25) is 19.4 Å². The Balaban J connectivity index is 1.84. The summed E-state index contributed by atoms with van der Waals surface area (Å²) in [5.41, 5.74) is 2.72. The molecule has 4 rings (SSSR count). The molecule has 2 aromatic carbocycles. The van der Waals surface area contributed by atoms with Gasteiger partial charge in [-0.1, -0.05) is 24.3 Å². The van der Waals surface area contributed by atoms with Crippen LogP contribution in [0, 0.1) is 0 Å². The quantitative estimate of drug-likeness (QED) is 0.847. The van der Waals surface area contributed by atoms with Crippen LogP contribution in [0.15, 0.2) is 48.5 Å². The second kappa shape index (κ2) is 6.33. The summed E-state index contributed by atoms with van der Waals surface area (Å²) in [5, 5.41) is 0. The minimum absolute atomic E-state index is 0.00454. The molecule has 2 aliphatic rings. The van der Waals surface area contributed by atoms with Gasteiger partial charge in [0.1, 0.15) is 0 Å². The van der Waals surface area contributed by atoms with Gasteiger partial charge in [-0.05, 0) is 50.2 Å². The Morgan fingerprint density at radius 3 is 2.24 bits per heavy atom. The van der Waals surface area contributed by atoms with E-state index in [9.17, 15) is 9.59 Å². The van der Waals surface area contributed by atoms with Crippen LogP contribution >= 0.6 is 0 Å². The first-order chi connectivity index (χ1) is 12.2. The van der Waals surface area contributed by atoms with E-state index in [0.29, 0.717) is 17.8 Å². The molecular weight excluding hydrogens is 314 g/mol. The standard InChI is InChI=1S/C20H21N3O2/c1-21-17-10-4-5-11-18(17)23(19(24)14-22-12-6-7-13-22)16-9-3-2-8-15(16)20(21)25/h2-5,8-11H,6-7,12-14H2,1H3. The van der Waals surface area contributed by atoms with E-state index in [0.717, 1.165) is 37.3 Å². The summed E-state index contributed by atoms with van der Waals surface area (Å²) in [6, 6.07) is 14.9. The molecule has 0 aliphatic carbocycles. The summed E-state index contributed by atoms with van der Waals surface area (Å²) in [4.78, 5) is 31.6. The van der Waals surface area contributed by atoms with Crippen LogP contribution in [0.4, 0.5) is 17.1 Å². The summed E-state index contributed by atoms with van der Waals surface area (Å²) in [6.45, 7) is 2.30. The number of hydrogen-bond donors (Lipinski definition) is 0. The van der Waals surface area contributed by atoms with Gasteiger partial charge >= 0.3 is 0 Å². The summed E-state index contributed by atoms with van der Waals surface area (Å²) in [5.74, 6) is -0.0931. The van der Waals surface area contributed by atoms with Crippen molar-refractivity contribution in [2.45, 2.75) is 12.8 Å². The third-order valence-corrected chi connectivity index (χ3v) is 4.97. The maximum atomic E-state index is 13.2. The van der Waals surface area contributed by atoms with Gasteiger partial charge in [-0.25, -0.2) is 0 Å². The molecule has 0 spiro atoms. The first-order valence-corrected chi connectivity index (χ1v) is 8.68. The lowest BCUT2D eigenvalue weighted by Gasteiger charge is -2.26. The van der Waals surface area contributed by atoms with Crippen LogP contribution in [0.3, 0.4) is 0 Å². The van der Waals surface area contributed by atoms with E-state index in [-0.39, 0.29) is 11.8 Å². The van der Waals surface area contributed by atoms with E-state index in [2.05, 4.69) is 4.90 Å². The van der Waals surface area contributed by atoms with E-state index < -0.39 is 0 Å². The highest BCUT2D eigenvalue weighted by atomic mass is 16.2. The lowest BCUT2D eigenvalue weighted by atomic mass is 10.1. The zero-order chi connectivity index (χ0) is 17.4. The predicted octanol–water partition coefficient (Wildman–Crippen LogP) is 3.04. The monoisotopic (exact) mass is 335 g/mol. The lowest BCUT2D eigenvalue weighted by Crippen LogP contribution is -2.37. The molecule has 1 fully saturated rings. The van der Waals surface area contributed by atoms with Crippen LogP contribution in [0.2, 0.25) is 0 Å². The third-order valence-electron chi connectivity index (χ3n) is 4.97. The van der Waals surface area contributed by atoms with E-state index in [4.69, 9.17) is 0 Å². The van der Waals surface area contributed by atoms with Crippen LogP contribution in [-0.2, 0) is 4.79 Å². The molecule has 2 aromatic rings. The first kappa shape index (κ1) is 15.8. The summed E-state index contributed by atoms with van der Waals surface area (Å²) < 4.78 is 0. The second-order valence-corrected chi connectivity index (χ2v) is 6.58. The number of rotatable bonds is 2. The zero-order valence-corrected chi connectivity index (χ0v) is 14.3. The molecule has 0 radical (unpaired) electrons. The molecule has 2 heterocycles. The predicted molar refractivity (Wildman–Crippen MR) is 98.4 cm³/mol. The first-order valence-electron chi connectivity index (χ1n) is 8.68. The van der Waals surface area contributed by atoms with Crippen molar-refractivity contribution in [3.05, 3.63) is 54.1 Å². The van der Waals surface area contributed by atoms with Gasteiger partial charge in [-0.2, -0.15) is 0 Å². The zero-order valence-electron chi connectivity index (χ0n) is 14.3. The average Bonchev–Trinajstić information content (AvgIpc) is 3.11. The Morgan fingerprint density at radius 2 is 1.52 bits per heavy atom. The van der Waals surface area contributed by atoms with Gasteiger partial charge < -0.3 is 4.90 Å². The number of benzene rings is 2. The number of nitrogens with zero attached hydrogens (tertiary/aromatic N) is 3. The number of para-hydroxylation sites is 3. The van der Waals surface area contributed by atoms with Gasteiger partial charge in [0.15, 0.2) is 0 Å². The number of amides is 2. The number of carbonyl (C=O) groups is 2. The van der Waals surface area contributed by atoms with Crippen molar-refractivity contribution >= 4 is 28.9 Å². The second-order valence-electron chi connectivity index (χ2n) is 6.58. The number of carbonyl (C=O) groups excluding carboxylic acids is 2. The van der Waals surface area contributed by atoms with E-state index in [1.165, 1.54) is 0 Å². The van der Waals surface area contributed by atoms with Crippen LogP contribution in [-0.4, -0.2) is 43.4 Å². The van der Waals surface area contributed by atoms with Gasteiger partial charge in [0.2, 0.25) is 5.91 Å². The van der Waals surface area contributed by atoms with Gasteiger partial charge in [0, 0.05) is 7.05 Å². The van der Waals surface area contributed by atoms with Crippen molar-refractivity contribution in [1.29, 1.82) is 0 Å². The number of hydrogen-bond acceptors (Lipinski definition) is 3. The van der Waals surface area contributed by atoms with E-state index in [1.54, 1.807) is 22.9 Å². The molecule has 2 aliphatic heterocycles. The van der Waals surface area contributed by atoms with Gasteiger partial charge in [-0.15, -0.1) is 0 Å². The maximum absolute atomic E-state index is 13.2. The third kappa shape index (κ3) is 2.70. The molecule has 5 heteroatoms. The summed E-state index contributed by atoms with van der Waals surface area (Å²) in [6.07, 6.45) is 2.28. The van der Waals surface area contributed by atoms with Crippen LogP contribution in [0.25, 0.3) is 0 Å². The highest BCUT2D eigenvalue weighted by molar-refractivity contribution is 6.18. The Labute approximate surface area is 147 Å². The normalized spacial score (nSPS) is 17.2. The fourth-order valence-corrected chi connectivity index (χ4v) is 3.68. The molecule has 0 N–H and O–H groups in total. The smallest absolute Gasteiger partial charge is 0.260 e. The largest absolute Gasteiger partial charge is 0.309 e. The lowest BCUT2D eigenvalue weighted by molar-refractivity contribution is -0.118. The minimum atomic E-state index is -0.0977. The Hall–Kier alpha value is -2.66.